The highest BCUT2D eigenvalue weighted by Gasteiger charge is 2.14. The third-order valence-electron chi connectivity index (χ3n) is 4.34. The summed E-state index contributed by atoms with van der Waals surface area (Å²) in [7, 11) is 0. The number of H-pyrrole nitrogens is 1. The normalized spacial score (nSPS) is 10.9. The van der Waals surface area contributed by atoms with Gasteiger partial charge in [-0.1, -0.05) is 23.7 Å². The van der Waals surface area contributed by atoms with Crippen LogP contribution in [-0.4, -0.2) is 39.0 Å². The molecule has 0 aliphatic rings. The van der Waals surface area contributed by atoms with Gasteiger partial charge in [0, 0.05) is 16.6 Å². The van der Waals surface area contributed by atoms with Crippen LogP contribution < -0.4 is 15.8 Å². The molecule has 0 radical (unpaired) electrons. The van der Waals surface area contributed by atoms with Gasteiger partial charge >= 0.3 is 0 Å². The van der Waals surface area contributed by atoms with Gasteiger partial charge in [-0.2, -0.15) is 10.2 Å². The lowest BCUT2D eigenvalue weighted by molar-refractivity contribution is 0.0947. The fraction of sp³-hybridized carbons (Fsp3) is 0.150. The lowest BCUT2D eigenvalue weighted by atomic mass is 10.1. The first-order valence-corrected chi connectivity index (χ1v) is 9.38. The molecule has 0 fully saturated rings. The summed E-state index contributed by atoms with van der Waals surface area (Å²) in [6, 6.07) is 13.0. The number of rotatable bonds is 7. The molecule has 0 atom stereocenters. The Hall–Kier alpha value is -3.52. The molecule has 1 amide bonds. The Morgan fingerprint density at radius 3 is 3.03 bits per heavy atom. The average molecular weight is 411 g/mol. The molecule has 4 rings (SSSR count). The van der Waals surface area contributed by atoms with Crippen molar-refractivity contribution in [2.75, 3.05) is 18.9 Å². The quantitative estimate of drug-likeness (QED) is 0.406. The molecule has 2 aromatic heterocycles. The number of fused-ring (bicyclic) bond motifs is 1. The van der Waals surface area contributed by atoms with Crippen LogP contribution in [0.25, 0.3) is 10.9 Å². The molecular weight excluding hydrogens is 392 g/mol. The van der Waals surface area contributed by atoms with E-state index >= 15 is 0 Å². The van der Waals surface area contributed by atoms with E-state index in [1.165, 1.54) is 0 Å². The Labute approximate surface area is 171 Å². The number of halogens is 1. The summed E-state index contributed by atoms with van der Waals surface area (Å²) in [5, 5.41) is 15.6. The van der Waals surface area contributed by atoms with Crippen LogP contribution in [0.2, 0.25) is 5.02 Å². The van der Waals surface area contributed by atoms with Gasteiger partial charge in [0.1, 0.15) is 17.9 Å². The summed E-state index contributed by atoms with van der Waals surface area (Å²) < 4.78 is 7.20. The highest BCUT2D eigenvalue weighted by atomic mass is 35.5. The van der Waals surface area contributed by atoms with E-state index in [0.29, 0.717) is 36.0 Å². The highest BCUT2D eigenvalue weighted by Crippen LogP contribution is 2.17. The zero-order valence-corrected chi connectivity index (χ0v) is 16.2. The number of carbonyl (C=O) groups excluding carboxylic acids is 1. The van der Waals surface area contributed by atoms with Gasteiger partial charge in [-0.15, -0.1) is 0 Å². The van der Waals surface area contributed by atoms with Crippen molar-refractivity contribution in [2.45, 2.75) is 6.54 Å². The van der Waals surface area contributed by atoms with Crippen molar-refractivity contribution in [1.29, 1.82) is 0 Å². The van der Waals surface area contributed by atoms with Crippen LogP contribution in [-0.2, 0) is 6.54 Å². The molecular formula is C20H19ClN6O2. The molecule has 0 saturated heterocycles. The van der Waals surface area contributed by atoms with Crippen LogP contribution in [0.15, 0.2) is 54.9 Å². The summed E-state index contributed by atoms with van der Waals surface area (Å²) in [6.45, 7) is 1.13. The van der Waals surface area contributed by atoms with Gasteiger partial charge in [0.05, 0.1) is 24.8 Å². The number of nitrogens with zero attached hydrogens (tertiary/aromatic N) is 3. The van der Waals surface area contributed by atoms with Crippen LogP contribution in [0.5, 0.6) is 5.75 Å². The first-order valence-electron chi connectivity index (χ1n) is 9.00. The van der Waals surface area contributed by atoms with Gasteiger partial charge in [-0.05, 0) is 35.9 Å². The number of nitrogens with two attached hydrogens (primary N) is 1. The summed E-state index contributed by atoms with van der Waals surface area (Å²) in [5.41, 5.74) is 8.26. The largest absolute Gasteiger partial charge is 0.492 e. The predicted molar refractivity (Wildman–Crippen MR) is 111 cm³/mol. The van der Waals surface area contributed by atoms with E-state index in [2.05, 4.69) is 20.6 Å². The van der Waals surface area contributed by atoms with Gasteiger partial charge in [-0.3, -0.25) is 14.6 Å². The first-order chi connectivity index (χ1) is 14.1. The Morgan fingerprint density at radius 1 is 1.28 bits per heavy atom. The minimum atomic E-state index is -0.297. The molecule has 4 aromatic rings. The van der Waals surface area contributed by atoms with Crippen molar-refractivity contribution in [3.8, 4) is 5.75 Å². The second-order valence-electron chi connectivity index (χ2n) is 6.48. The third kappa shape index (κ3) is 4.49. The molecule has 0 saturated carbocycles. The molecule has 29 heavy (non-hydrogen) atoms. The summed E-state index contributed by atoms with van der Waals surface area (Å²) in [6.07, 6.45) is 3.41. The topological polar surface area (TPSA) is 111 Å². The maximum atomic E-state index is 12.4. The zero-order chi connectivity index (χ0) is 20.2. The van der Waals surface area contributed by atoms with Gasteiger partial charge in [-0.25, -0.2) is 0 Å². The Kier molecular flexibility index (Phi) is 5.35. The lowest BCUT2D eigenvalue weighted by Gasteiger charge is -2.07. The first kappa shape index (κ1) is 18.8. The standard InChI is InChI=1S/C20H19ClN6O2/c21-15-2-1-3-16(9-15)29-7-6-23-20(28)17-12-27(26-19(17)22)11-13-4-5-18-14(8-13)10-24-25-18/h1-5,8-10,12H,6-7,11H2,(H2,22,26)(H,23,28)(H,24,25). The number of ether oxygens (including phenoxy) is 1. The van der Waals surface area contributed by atoms with Crippen molar-refractivity contribution in [3.05, 3.63) is 71.0 Å². The van der Waals surface area contributed by atoms with Crippen molar-refractivity contribution < 1.29 is 9.53 Å². The van der Waals surface area contributed by atoms with Gasteiger partial charge in [0.15, 0.2) is 5.82 Å². The molecule has 0 aliphatic heterocycles. The Bertz CT molecular complexity index is 1150. The van der Waals surface area contributed by atoms with E-state index < -0.39 is 0 Å². The molecule has 0 unspecified atom stereocenters. The molecule has 9 heteroatoms. The summed E-state index contributed by atoms with van der Waals surface area (Å²) >= 11 is 5.91. The molecule has 0 aliphatic carbocycles. The van der Waals surface area contributed by atoms with E-state index in [0.717, 1.165) is 16.5 Å². The molecule has 2 heterocycles. The SMILES string of the molecule is Nc1nn(Cc2ccc3[nH]ncc3c2)cc1C(=O)NCCOc1cccc(Cl)c1. The van der Waals surface area contributed by atoms with Crippen molar-refractivity contribution >= 4 is 34.2 Å². The van der Waals surface area contributed by atoms with E-state index in [-0.39, 0.29) is 11.7 Å². The maximum absolute atomic E-state index is 12.4. The summed E-state index contributed by atoms with van der Waals surface area (Å²) in [4.78, 5) is 12.4. The van der Waals surface area contributed by atoms with E-state index in [4.69, 9.17) is 22.1 Å². The van der Waals surface area contributed by atoms with Crippen molar-refractivity contribution in [1.82, 2.24) is 25.3 Å². The molecule has 0 bridgehead atoms. The maximum Gasteiger partial charge on any atom is 0.256 e. The smallest absolute Gasteiger partial charge is 0.256 e. The number of nitrogens with one attached hydrogen (secondary N) is 2. The van der Waals surface area contributed by atoms with Crippen LogP contribution in [0.4, 0.5) is 5.82 Å². The van der Waals surface area contributed by atoms with Crippen LogP contribution in [0.1, 0.15) is 15.9 Å². The van der Waals surface area contributed by atoms with Gasteiger partial charge in [0.25, 0.3) is 5.91 Å². The molecule has 8 nitrogen and oxygen atoms in total. The third-order valence-corrected chi connectivity index (χ3v) is 4.57. The number of hydrogen-bond donors (Lipinski definition) is 3. The Morgan fingerprint density at radius 2 is 2.17 bits per heavy atom. The van der Waals surface area contributed by atoms with Crippen LogP contribution in [0.3, 0.4) is 0 Å². The predicted octanol–water partition coefficient (Wildman–Crippen LogP) is 2.85. The average Bonchev–Trinajstić information content (AvgIpc) is 3.31. The zero-order valence-electron chi connectivity index (χ0n) is 15.4. The molecule has 0 spiro atoms. The number of hydrogen-bond acceptors (Lipinski definition) is 5. The minimum Gasteiger partial charge on any atom is -0.492 e. The molecule has 4 N–H and O–H groups in total. The highest BCUT2D eigenvalue weighted by molar-refractivity contribution is 6.30. The minimum absolute atomic E-state index is 0.183. The summed E-state index contributed by atoms with van der Waals surface area (Å²) in [5.74, 6) is 0.532. The van der Waals surface area contributed by atoms with Crippen LogP contribution in [0, 0.1) is 0 Å². The second-order valence-corrected chi connectivity index (χ2v) is 6.92. The number of aromatic amines is 1. The number of carbonyl (C=O) groups is 1. The molecule has 148 valence electrons. The second kappa shape index (κ2) is 8.24. The Balaban J connectivity index is 1.33. The van der Waals surface area contributed by atoms with Gasteiger partial charge in [0.2, 0.25) is 0 Å². The number of anilines is 1. The van der Waals surface area contributed by atoms with E-state index in [9.17, 15) is 4.79 Å². The number of aromatic nitrogens is 4. The fourth-order valence-corrected chi connectivity index (χ4v) is 3.14. The molecule has 2 aromatic carbocycles. The fourth-order valence-electron chi connectivity index (χ4n) is 2.96. The van der Waals surface area contributed by atoms with Crippen molar-refractivity contribution in [3.63, 3.8) is 0 Å². The van der Waals surface area contributed by atoms with Gasteiger partial charge < -0.3 is 15.8 Å². The van der Waals surface area contributed by atoms with Crippen molar-refractivity contribution in [2.24, 2.45) is 0 Å². The lowest BCUT2D eigenvalue weighted by Crippen LogP contribution is -2.28. The van der Waals surface area contributed by atoms with E-state index in [1.807, 2.05) is 18.2 Å². The monoisotopic (exact) mass is 410 g/mol. The number of benzene rings is 2. The van der Waals surface area contributed by atoms with Crippen LogP contribution >= 0.6 is 11.6 Å². The van der Waals surface area contributed by atoms with E-state index in [1.54, 1.807) is 41.3 Å². The number of nitrogen functional groups attached to an aromatic ring is 1. The number of amides is 1.